The van der Waals surface area contributed by atoms with Crippen LogP contribution in [0.3, 0.4) is 0 Å². The third kappa shape index (κ3) is 7.31. The summed E-state index contributed by atoms with van der Waals surface area (Å²) in [4.78, 5) is 29.3. The number of hydrogen-bond donors (Lipinski definition) is 1. The molecule has 1 amide bonds. The number of nitrogens with zero attached hydrogens (tertiary/aromatic N) is 8. The molecule has 0 aliphatic carbocycles. The van der Waals surface area contributed by atoms with E-state index < -0.39 is 21.6 Å². The molecular weight excluding hydrogens is 649 g/mol. The van der Waals surface area contributed by atoms with Crippen LogP contribution in [0.2, 0.25) is 5.02 Å². The van der Waals surface area contributed by atoms with Crippen LogP contribution in [0.25, 0.3) is 28.3 Å². The average molecular weight is 684 g/mol. The molecule has 2 aliphatic heterocycles. The van der Waals surface area contributed by atoms with Crippen LogP contribution in [0.4, 0.5) is 20.6 Å². The fourth-order valence-corrected chi connectivity index (χ4v) is 6.97. The number of carbonyl (C=O) groups is 1. The second-order valence-corrected chi connectivity index (χ2v) is 14.4. The van der Waals surface area contributed by atoms with Gasteiger partial charge in [0, 0.05) is 79.6 Å². The van der Waals surface area contributed by atoms with Gasteiger partial charge in [0.1, 0.15) is 11.3 Å². The molecule has 2 fully saturated rings. The smallest absolute Gasteiger partial charge is 0.410 e. The number of aromatic nitrogens is 5. The molecule has 0 radical (unpaired) electrons. The average Bonchev–Trinajstić information content (AvgIpc) is 3.74. The van der Waals surface area contributed by atoms with Gasteiger partial charge < -0.3 is 14.5 Å². The highest BCUT2D eigenvalue weighted by atomic mass is 35.5. The number of rotatable bonds is 7. The van der Waals surface area contributed by atoms with Crippen molar-refractivity contribution < 1.29 is 22.3 Å². The van der Waals surface area contributed by atoms with E-state index in [0.717, 1.165) is 18.5 Å². The van der Waals surface area contributed by atoms with E-state index in [1.807, 2.05) is 20.8 Å². The molecule has 2 aliphatic rings. The summed E-state index contributed by atoms with van der Waals surface area (Å²) in [6.07, 6.45) is 9.26. The lowest BCUT2D eigenvalue weighted by Gasteiger charge is -2.36. The fourth-order valence-electron chi connectivity index (χ4n) is 5.46. The summed E-state index contributed by atoms with van der Waals surface area (Å²) in [5.74, 6) is -0.561. The van der Waals surface area contributed by atoms with Crippen LogP contribution in [0.15, 0.2) is 55.2 Å². The molecule has 0 unspecified atom stereocenters. The van der Waals surface area contributed by atoms with Crippen LogP contribution in [-0.4, -0.2) is 93.3 Å². The van der Waals surface area contributed by atoms with E-state index in [0.29, 0.717) is 56.1 Å². The third-order valence-electron chi connectivity index (χ3n) is 7.77. The Kier molecular flexibility index (Phi) is 9.05. The van der Waals surface area contributed by atoms with Gasteiger partial charge in [0.25, 0.3) is 5.95 Å². The van der Waals surface area contributed by atoms with Crippen LogP contribution in [0, 0.1) is 5.82 Å². The van der Waals surface area contributed by atoms with E-state index in [2.05, 4.69) is 24.6 Å². The van der Waals surface area contributed by atoms with Crippen molar-refractivity contribution in [1.29, 1.82) is 0 Å². The highest BCUT2D eigenvalue weighted by Gasteiger charge is 2.29. The number of hydrogen-bond acceptors (Lipinski definition) is 9. The van der Waals surface area contributed by atoms with Gasteiger partial charge in [0.2, 0.25) is 0 Å². The minimum atomic E-state index is -3.97. The Balaban J connectivity index is 1.28. The van der Waals surface area contributed by atoms with Gasteiger partial charge in [-0.25, -0.2) is 23.8 Å². The van der Waals surface area contributed by atoms with Crippen LogP contribution < -0.4 is 9.62 Å². The molecule has 3 aromatic heterocycles. The zero-order valence-corrected chi connectivity index (χ0v) is 27.8. The van der Waals surface area contributed by atoms with Crippen molar-refractivity contribution in [3.8, 4) is 28.3 Å². The number of ether oxygens (including phenoxy) is 1. The predicted molar refractivity (Wildman–Crippen MR) is 176 cm³/mol. The number of piperazine rings is 1. The first-order valence-corrected chi connectivity index (χ1v) is 17.0. The Morgan fingerprint density at radius 3 is 2.28 bits per heavy atom. The zero-order chi connectivity index (χ0) is 33.3. The number of nitrogens with one attached hydrogen (secondary N) is 1. The van der Waals surface area contributed by atoms with Crippen LogP contribution in [0.1, 0.15) is 33.6 Å². The monoisotopic (exact) mass is 683 g/mol. The molecule has 16 heteroatoms. The molecule has 2 saturated heterocycles. The molecule has 13 nitrogen and oxygen atoms in total. The molecule has 5 heterocycles. The van der Waals surface area contributed by atoms with Gasteiger partial charge in [-0.1, -0.05) is 11.6 Å². The second-order valence-electron chi connectivity index (χ2n) is 12.3. The summed E-state index contributed by atoms with van der Waals surface area (Å²) in [7, 11) is -3.97. The number of carbonyl (C=O) groups excluding carboxylic acids is 1. The highest BCUT2D eigenvalue weighted by molar-refractivity contribution is 7.90. The number of amides is 1. The standard InChI is InChI=1S/C31H35ClFN9O4S/c1-31(2,3)46-30(43)40-14-12-39(13-15-40)23-18-35-29(36-19-23)42-20-25(28(37-42)21-6-8-34-9-7-21)24-16-22(32)17-26(27(24)33)38-47(44,45)41-10-4-5-11-41/h6-9,16-20,38H,4-5,10-15H2,1-3H3. The lowest BCUT2D eigenvalue weighted by atomic mass is 10.0. The molecule has 0 atom stereocenters. The maximum absolute atomic E-state index is 16.2. The quantitative estimate of drug-likeness (QED) is 0.285. The summed E-state index contributed by atoms with van der Waals surface area (Å²) in [6.45, 7) is 8.40. The first kappa shape index (κ1) is 32.6. The van der Waals surface area contributed by atoms with E-state index in [9.17, 15) is 13.2 Å². The molecule has 0 saturated carbocycles. The minimum Gasteiger partial charge on any atom is -0.444 e. The van der Waals surface area contributed by atoms with Crippen LogP contribution in [-0.2, 0) is 14.9 Å². The maximum atomic E-state index is 16.2. The van der Waals surface area contributed by atoms with E-state index in [1.54, 1.807) is 48.0 Å². The lowest BCUT2D eigenvalue weighted by molar-refractivity contribution is 0.0240. The van der Waals surface area contributed by atoms with Crippen LogP contribution >= 0.6 is 11.6 Å². The number of halogens is 2. The van der Waals surface area contributed by atoms with Crippen molar-refractivity contribution in [3.05, 3.63) is 66.1 Å². The van der Waals surface area contributed by atoms with Crippen molar-refractivity contribution in [2.75, 3.05) is 48.9 Å². The molecule has 6 rings (SSSR count). The number of benzene rings is 1. The summed E-state index contributed by atoms with van der Waals surface area (Å²) >= 11 is 6.42. The van der Waals surface area contributed by atoms with Gasteiger partial charge >= 0.3 is 16.3 Å². The van der Waals surface area contributed by atoms with Crippen molar-refractivity contribution in [3.63, 3.8) is 0 Å². The van der Waals surface area contributed by atoms with Crippen molar-refractivity contribution in [2.24, 2.45) is 0 Å². The topological polar surface area (TPSA) is 139 Å². The first-order chi connectivity index (χ1) is 22.4. The van der Waals surface area contributed by atoms with Crippen molar-refractivity contribution >= 4 is 39.3 Å². The Hall–Kier alpha value is -4.34. The van der Waals surface area contributed by atoms with Gasteiger partial charge in [0.05, 0.1) is 23.8 Å². The summed E-state index contributed by atoms with van der Waals surface area (Å²) in [5.41, 5.74) is 1.39. The molecule has 1 aromatic carbocycles. The van der Waals surface area contributed by atoms with Gasteiger partial charge in [-0.3, -0.25) is 9.71 Å². The lowest BCUT2D eigenvalue weighted by Crippen LogP contribution is -2.50. The summed E-state index contributed by atoms with van der Waals surface area (Å²) in [5, 5.41) is 4.84. The van der Waals surface area contributed by atoms with Gasteiger partial charge in [-0.15, -0.1) is 0 Å². The van der Waals surface area contributed by atoms with Crippen LogP contribution in [0.5, 0.6) is 0 Å². The normalized spacial score (nSPS) is 16.0. The fraction of sp³-hybridized carbons (Fsp3) is 0.387. The molecule has 4 aromatic rings. The first-order valence-electron chi connectivity index (χ1n) is 15.2. The Morgan fingerprint density at radius 1 is 0.979 bits per heavy atom. The molecule has 1 N–H and O–H groups in total. The molecule has 0 spiro atoms. The predicted octanol–water partition coefficient (Wildman–Crippen LogP) is 4.99. The van der Waals surface area contributed by atoms with E-state index in [4.69, 9.17) is 21.4 Å². The maximum Gasteiger partial charge on any atom is 0.410 e. The highest BCUT2D eigenvalue weighted by Crippen LogP contribution is 2.38. The number of anilines is 2. The number of pyridine rings is 1. The van der Waals surface area contributed by atoms with Crippen molar-refractivity contribution in [1.82, 2.24) is 33.9 Å². The minimum absolute atomic E-state index is 0.0502. The zero-order valence-electron chi connectivity index (χ0n) is 26.2. The molecule has 0 bridgehead atoms. The van der Waals surface area contributed by atoms with Crippen molar-refractivity contribution in [2.45, 2.75) is 39.2 Å². The van der Waals surface area contributed by atoms with E-state index in [-0.39, 0.29) is 28.3 Å². The SMILES string of the molecule is CC(C)(C)OC(=O)N1CCN(c2cnc(-n3cc(-c4cc(Cl)cc(NS(=O)(=O)N5CCCC5)c4F)c(-c4ccncc4)n3)nc2)CC1. The Bertz CT molecular complexity index is 1850. The Labute approximate surface area is 277 Å². The van der Waals surface area contributed by atoms with E-state index in [1.165, 1.54) is 21.1 Å². The summed E-state index contributed by atoms with van der Waals surface area (Å²) in [6, 6.07) is 6.14. The van der Waals surface area contributed by atoms with Gasteiger partial charge in [0.15, 0.2) is 5.82 Å². The molecular formula is C31H35ClFN9O4S. The molecule has 47 heavy (non-hydrogen) atoms. The molecule has 248 valence electrons. The second kappa shape index (κ2) is 13.0. The Morgan fingerprint density at radius 2 is 1.64 bits per heavy atom. The largest absolute Gasteiger partial charge is 0.444 e. The van der Waals surface area contributed by atoms with E-state index >= 15 is 4.39 Å². The van der Waals surface area contributed by atoms with Gasteiger partial charge in [-0.2, -0.15) is 17.8 Å². The summed E-state index contributed by atoms with van der Waals surface area (Å²) < 4.78 is 52.7. The van der Waals surface area contributed by atoms with Gasteiger partial charge in [-0.05, 0) is 57.9 Å². The third-order valence-corrected chi connectivity index (χ3v) is 9.51.